The Hall–Kier alpha value is -1.76. The highest BCUT2D eigenvalue weighted by atomic mass is 14.6. The molecule has 2 N–H and O–H groups in total. The molecule has 0 aromatic heterocycles. The molecule has 1 nitrogen and oxygen atoms in total. The summed E-state index contributed by atoms with van der Waals surface area (Å²) < 4.78 is 0. The Morgan fingerprint density at radius 3 is 2.13 bits per heavy atom. The molecule has 0 amide bonds. The van der Waals surface area contributed by atoms with Crippen molar-refractivity contribution in [3.05, 3.63) is 65.7 Å². The molecule has 0 fully saturated rings. The standard InChI is InChI=1S/C14H15N/c15-14-9-5-4-8-13(14)11-10-12-6-2-1-3-7-12/h1-9H,10-11,15H2. The molecule has 0 saturated carbocycles. The Balaban J connectivity index is 2.03. The zero-order valence-electron chi connectivity index (χ0n) is 8.69. The van der Waals surface area contributed by atoms with Crippen LogP contribution in [0.5, 0.6) is 0 Å². The summed E-state index contributed by atoms with van der Waals surface area (Å²) in [6, 6.07) is 18.6. The lowest BCUT2D eigenvalue weighted by molar-refractivity contribution is 0.963. The van der Waals surface area contributed by atoms with Crippen molar-refractivity contribution in [3.63, 3.8) is 0 Å². The summed E-state index contributed by atoms with van der Waals surface area (Å²) in [6.07, 6.45) is 2.06. The van der Waals surface area contributed by atoms with E-state index in [1.165, 1.54) is 11.1 Å². The lowest BCUT2D eigenvalue weighted by atomic mass is 10.0. The van der Waals surface area contributed by atoms with E-state index in [4.69, 9.17) is 5.73 Å². The molecule has 0 aliphatic carbocycles. The van der Waals surface area contributed by atoms with Crippen LogP contribution >= 0.6 is 0 Å². The molecule has 0 aliphatic rings. The monoisotopic (exact) mass is 197 g/mol. The maximum absolute atomic E-state index is 5.88. The van der Waals surface area contributed by atoms with E-state index in [1.807, 2.05) is 24.3 Å². The Kier molecular flexibility index (Phi) is 3.03. The van der Waals surface area contributed by atoms with Crippen LogP contribution < -0.4 is 5.73 Å². The summed E-state index contributed by atoms with van der Waals surface area (Å²) in [5.74, 6) is 0. The van der Waals surface area contributed by atoms with Crippen LogP contribution in [0.1, 0.15) is 11.1 Å². The lowest BCUT2D eigenvalue weighted by Crippen LogP contribution is -1.96. The van der Waals surface area contributed by atoms with Crippen molar-refractivity contribution < 1.29 is 0 Å². The van der Waals surface area contributed by atoms with Crippen LogP contribution in [0.3, 0.4) is 0 Å². The molecule has 1 heteroatoms. The summed E-state index contributed by atoms with van der Waals surface area (Å²) >= 11 is 0. The second kappa shape index (κ2) is 4.65. The average Bonchev–Trinajstić information content (AvgIpc) is 2.29. The normalized spacial score (nSPS) is 10.1. The summed E-state index contributed by atoms with van der Waals surface area (Å²) in [4.78, 5) is 0. The molecule has 76 valence electrons. The number of hydrogen-bond donors (Lipinski definition) is 1. The Morgan fingerprint density at radius 1 is 0.733 bits per heavy atom. The number of nitrogen functional groups attached to an aromatic ring is 1. The minimum absolute atomic E-state index is 0.897. The number of hydrogen-bond acceptors (Lipinski definition) is 1. The Morgan fingerprint density at radius 2 is 1.40 bits per heavy atom. The SMILES string of the molecule is Nc1ccccc1CCc1ccccc1. The van der Waals surface area contributed by atoms with Gasteiger partial charge in [0.1, 0.15) is 0 Å². The highest BCUT2D eigenvalue weighted by Crippen LogP contribution is 2.13. The number of anilines is 1. The molecular formula is C14H15N. The van der Waals surface area contributed by atoms with E-state index in [9.17, 15) is 0 Å². The van der Waals surface area contributed by atoms with Gasteiger partial charge in [0.05, 0.1) is 0 Å². The van der Waals surface area contributed by atoms with Gasteiger partial charge in [0, 0.05) is 5.69 Å². The van der Waals surface area contributed by atoms with Crippen LogP contribution in [0.4, 0.5) is 5.69 Å². The first-order chi connectivity index (χ1) is 7.36. The number of para-hydroxylation sites is 1. The van der Waals surface area contributed by atoms with Crippen molar-refractivity contribution in [2.75, 3.05) is 5.73 Å². The maximum atomic E-state index is 5.88. The van der Waals surface area contributed by atoms with Crippen LogP contribution in [-0.2, 0) is 12.8 Å². The Labute approximate surface area is 90.6 Å². The average molecular weight is 197 g/mol. The lowest BCUT2D eigenvalue weighted by Gasteiger charge is -2.04. The quantitative estimate of drug-likeness (QED) is 0.752. The third kappa shape index (κ3) is 2.59. The summed E-state index contributed by atoms with van der Waals surface area (Å²) in [7, 11) is 0. The summed E-state index contributed by atoms with van der Waals surface area (Å²) in [5, 5.41) is 0. The van der Waals surface area contributed by atoms with Crippen molar-refractivity contribution in [1.82, 2.24) is 0 Å². The fraction of sp³-hybridized carbons (Fsp3) is 0.143. The molecule has 0 spiro atoms. The fourth-order valence-electron chi connectivity index (χ4n) is 1.69. The van der Waals surface area contributed by atoms with Gasteiger partial charge in [-0.3, -0.25) is 0 Å². The first-order valence-corrected chi connectivity index (χ1v) is 5.23. The molecule has 2 rings (SSSR count). The molecule has 0 aliphatic heterocycles. The molecule has 0 saturated heterocycles. The van der Waals surface area contributed by atoms with Crippen LogP contribution in [0.2, 0.25) is 0 Å². The minimum Gasteiger partial charge on any atom is -0.399 e. The number of nitrogens with two attached hydrogens (primary N) is 1. The predicted octanol–water partition coefficient (Wildman–Crippen LogP) is 3.05. The van der Waals surface area contributed by atoms with Gasteiger partial charge in [0.15, 0.2) is 0 Å². The van der Waals surface area contributed by atoms with Crippen molar-refractivity contribution in [2.24, 2.45) is 0 Å². The van der Waals surface area contributed by atoms with Crippen molar-refractivity contribution in [3.8, 4) is 0 Å². The third-order valence-corrected chi connectivity index (χ3v) is 2.58. The summed E-state index contributed by atoms with van der Waals surface area (Å²) in [6.45, 7) is 0. The molecule has 15 heavy (non-hydrogen) atoms. The molecule has 0 unspecified atom stereocenters. The van der Waals surface area contributed by atoms with Crippen molar-refractivity contribution in [2.45, 2.75) is 12.8 Å². The van der Waals surface area contributed by atoms with Crippen molar-refractivity contribution in [1.29, 1.82) is 0 Å². The summed E-state index contributed by atoms with van der Waals surface area (Å²) in [5.41, 5.74) is 9.38. The molecular weight excluding hydrogens is 182 g/mol. The van der Waals surface area contributed by atoms with Gasteiger partial charge in [-0.1, -0.05) is 48.5 Å². The van der Waals surface area contributed by atoms with Gasteiger partial charge in [-0.25, -0.2) is 0 Å². The highest BCUT2D eigenvalue weighted by molar-refractivity contribution is 5.46. The molecule has 2 aromatic rings. The van der Waals surface area contributed by atoms with Gasteiger partial charge in [0.25, 0.3) is 0 Å². The van der Waals surface area contributed by atoms with Gasteiger partial charge in [-0.05, 0) is 30.0 Å². The van der Waals surface area contributed by atoms with Gasteiger partial charge in [0.2, 0.25) is 0 Å². The van der Waals surface area contributed by atoms with E-state index in [0.29, 0.717) is 0 Å². The molecule has 2 aromatic carbocycles. The van der Waals surface area contributed by atoms with E-state index >= 15 is 0 Å². The molecule has 0 radical (unpaired) electrons. The van der Waals surface area contributed by atoms with Gasteiger partial charge in [-0.15, -0.1) is 0 Å². The van der Waals surface area contributed by atoms with E-state index in [-0.39, 0.29) is 0 Å². The van der Waals surface area contributed by atoms with Crippen LogP contribution in [-0.4, -0.2) is 0 Å². The fourth-order valence-corrected chi connectivity index (χ4v) is 1.69. The second-order valence-electron chi connectivity index (χ2n) is 3.68. The third-order valence-electron chi connectivity index (χ3n) is 2.58. The first-order valence-electron chi connectivity index (χ1n) is 5.23. The number of aryl methyl sites for hydroxylation is 2. The number of benzene rings is 2. The first kappa shape index (κ1) is 9.78. The Bertz CT molecular complexity index is 420. The van der Waals surface area contributed by atoms with Crippen LogP contribution in [0, 0.1) is 0 Å². The van der Waals surface area contributed by atoms with Gasteiger partial charge < -0.3 is 5.73 Å². The topological polar surface area (TPSA) is 26.0 Å². The van der Waals surface area contributed by atoms with Crippen LogP contribution in [0.25, 0.3) is 0 Å². The van der Waals surface area contributed by atoms with E-state index in [2.05, 4.69) is 30.3 Å². The number of rotatable bonds is 3. The smallest absolute Gasteiger partial charge is 0.0346 e. The van der Waals surface area contributed by atoms with Crippen molar-refractivity contribution >= 4 is 5.69 Å². The predicted molar refractivity (Wildman–Crippen MR) is 64.7 cm³/mol. The zero-order chi connectivity index (χ0) is 10.5. The minimum atomic E-state index is 0.897. The molecule has 0 bridgehead atoms. The zero-order valence-corrected chi connectivity index (χ0v) is 8.69. The molecule has 0 heterocycles. The molecule has 0 atom stereocenters. The van der Waals surface area contributed by atoms with Crippen LogP contribution in [0.15, 0.2) is 54.6 Å². The van der Waals surface area contributed by atoms with Gasteiger partial charge >= 0.3 is 0 Å². The van der Waals surface area contributed by atoms with E-state index < -0.39 is 0 Å². The maximum Gasteiger partial charge on any atom is 0.0346 e. The van der Waals surface area contributed by atoms with E-state index in [1.54, 1.807) is 0 Å². The van der Waals surface area contributed by atoms with Gasteiger partial charge in [-0.2, -0.15) is 0 Å². The highest BCUT2D eigenvalue weighted by Gasteiger charge is 1.98. The van der Waals surface area contributed by atoms with E-state index in [0.717, 1.165) is 18.5 Å². The second-order valence-corrected chi connectivity index (χ2v) is 3.68. The largest absolute Gasteiger partial charge is 0.399 e.